The number of hydrogen-bond acceptors (Lipinski definition) is 3. The maximum atomic E-state index is 9.23. The van der Waals surface area contributed by atoms with Gasteiger partial charge in [-0.3, -0.25) is 4.98 Å². The molecule has 1 aromatic heterocycles. The molecule has 15 heavy (non-hydrogen) atoms. The molecule has 1 aromatic rings. The third-order valence-electron chi connectivity index (χ3n) is 2.28. The first-order valence-corrected chi connectivity index (χ1v) is 4.94. The average molecular weight is 221 g/mol. The van der Waals surface area contributed by atoms with E-state index in [1.54, 1.807) is 24.4 Å². The minimum atomic E-state index is -1.49. The summed E-state index contributed by atoms with van der Waals surface area (Å²) in [4.78, 5) is 4.13. The molecule has 1 heterocycles. The fourth-order valence-electron chi connectivity index (χ4n) is 1.56. The molecule has 5 heteroatoms. The number of rotatable bonds is 1. The zero-order valence-electron chi connectivity index (χ0n) is 7.89. The van der Waals surface area contributed by atoms with Crippen LogP contribution in [0, 0.1) is 0 Å². The monoisotopic (exact) mass is 221 g/mol. The Bertz CT molecular complexity index is 524. The van der Waals surface area contributed by atoms with Crippen molar-refractivity contribution >= 4 is 29.2 Å². The second kappa shape index (κ2) is 4.19. The van der Waals surface area contributed by atoms with Gasteiger partial charge in [0.25, 0.3) is 0 Å². The maximum absolute atomic E-state index is 9.23. The van der Waals surface area contributed by atoms with Gasteiger partial charge in [-0.25, -0.2) is 0 Å². The SMILES string of the molecule is OB(O)C1=c2ncccc2=C(Cl)C=CC1. The molecule has 0 radical (unpaired) electrons. The number of aromatic nitrogens is 1. The van der Waals surface area contributed by atoms with E-state index in [4.69, 9.17) is 11.6 Å². The lowest BCUT2D eigenvalue weighted by Crippen LogP contribution is -2.35. The molecule has 0 amide bonds. The van der Waals surface area contributed by atoms with Crippen LogP contribution in [0.5, 0.6) is 0 Å². The first kappa shape index (κ1) is 10.4. The molecule has 2 N–H and O–H groups in total. The van der Waals surface area contributed by atoms with E-state index in [1.165, 1.54) is 0 Å². The molecule has 0 aliphatic heterocycles. The Labute approximate surface area is 92.2 Å². The van der Waals surface area contributed by atoms with E-state index in [-0.39, 0.29) is 0 Å². The predicted octanol–water partition coefficient (Wildman–Crippen LogP) is -0.449. The largest absolute Gasteiger partial charge is 0.486 e. The van der Waals surface area contributed by atoms with Crippen LogP contribution in [0.1, 0.15) is 6.42 Å². The van der Waals surface area contributed by atoms with Gasteiger partial charge < -0.3 is 10.0 Å². The van der Waals surface area contributed by atoms with E-state index in [9.17, 15) is 10.0 Å². The maximum Gasteiger partial charge on any atom is 0.486 e. The van der Waals surface area contributed by atoms with Crippen molar-refractivity contribution in [3.8, 4) is 0 Å². The summed E-state index contributed by atoms with van der Waals surface area (Å²) in [6, 6.07) is 3.57. The molecule has 0 fully saturated rings. The molecular formula is C10H9BClNO2. The zero-order valence-corrected chi connectivity index (χ0v) is 8.65. The molecule has 0 atom stereocenters. The Morgan fingerprint density at radius 1 is 1.40 bits per heavy atom. The van der Waals surface area contributed by atoms with Crippen LogP contribution in [0.4, 0.5) is 0 Å². The molecule has 76 valence electrons. The summed E-state index contributed by atoms with van der Waals surface area (Å²) in [5.41, 5.74) is 0.470. The summed E-state index contributed by atoms with van der Waals surface area (Å²) in [5, 5.41) is 20.3. The second-order valence-corrected chi connectivity index (χ2v) is 3.66. The first-order chi connectivity index (χ1) is 7.20. The molecule has 3 nitrogen and oxygen atoms in total. The summed E-state index contributed by atoms with van der Waals surface area (Å²) in [6.45, 7) is 0. The highest BCUT2D eigenvalue weighted by molar-refractivity contribution is 6.63. The van der Waals surface area contributed by atoms with Crippen LogP contribution in [0.25, 0.3) is 10.5 Å². The Morgan fingerprint density at radius 2 is 2.20 bits per heavy atom. The van der Waals surface area contributed by atoms with Crippen LogP contribution < -0.4 is 10.6 Å². The fraction of sp³-hybridized carbons (Fsp3) is 0.100. The number of allylic oxidation sites excluding steroid dienone is 2. The highest BCUT2D eigenvalue weighted by atomic mass is 35.5. The van der Waals surface area contributed by atoms with Gasteiger partial charge in [-0.05, 0) is 30.1 Å². The molecule has 0 unspecified atom stereocenters. The Balaban J connectivity index is 2.88. The number of halogens is 1. The van der Waals surface area contributed by atoms with Gasteiger partial charge in [0.1, 0.15) is 0 Å². The van der Waals surface area contributed by atoms with Crippen molar-refractivity contribution in [3.63, 3.8) is 0 Å². The molecule has 0 saturated heterocycles. The molecular weight excluding hydrogens is 212 g/mol. The Kier molecular flexibility index (Phi) is 2.91. The van der Waals surface area contributed by atoms with E-state index < -0.39 is 7.12 Å². The summed E-state index contributed by atoms with van der Waals surface area (Å²) in [7, 11) is -1.49. The van der Waals surface area contributed by atoms with Gasteiger partial charge in [-0.1, -0.05) is 17.7 Å². The predicted molar refractivity (Wildman–Crippen MR) is 60.1 cm³/mol. The fourth-order valence-corrected chi connectivity index (χ4v) is 1.80. The lowest BCUT2D eigenvalue weighted by molar-refractivity contribution is 0.425. The molecule has 0 bridgehead atoms. The lowest BCUT2D eigenvalue weighted by Gasteiger charge is -2.01. The van der Waals surface area contributed by atoms with Gasteiger partial charge in [0.05, 0.1) is 5.35 Å². The number of hydrogen-bond donors (Lipinski definition) is 2. The molecule has 1 aliphatic carbocycles. The van der Waals surface area contributed by atoms with Crippen molar-refractivity contribution in [3.05, 3.63) is 41.0 Å². The van der Waals surface area contributed by atoms with Crippen LogP contribution in [0.2, 0.25) is 0 Å². The van der Waals surface area contributed by atoms with E-state index in [0.29, 0.717) is 22.3 Å². The Morgan fingerprint density at radius 3 is 2.93 bits per heavy atom. The second-order valence-electron chi connectivity index (χ2n) is 3.25. The molecule has 0 saturated carbocycles. The minimum absolute atomic E-state index is 0.442. The van der Waals surface area contributed by atoms with Crippen LogP contribution in [0.3, 0.4) is 0 Å². The molecule has 0 aromatic carbocycles. The number of pyridine rings is 1. The van der Waals surface area contributed by atoms with Crippen molar-refractivity contribution < 1.29 is 10.0 Å². The van der Waals surface area contributed by atoms with E-state index in [2.05, 4.69) is 4.98 Å². The highest BCUT2D eigenvalue weighted by Gasteiger charge is 2.17. The smallest absolute Gasteiger partial charge is 0.423 e. The summed E-state index contributed by atoms with van der Waals surface area (Å²) < 4.78 is 0. The third-order valence-corrected chi connectivity index (χ3v) is 2.61. The van der Waals surface area contributed by atoms with Gasteiger partial charge in [-0.2, -0.15) is 0 Å². The van der Waals surface area contributed by atoms with Crippen LogP contribution in [-0.4, -0.2) is 22.2 Å². The standard InChI is InChI=1S/C10H9BClNO2/c12-9-5-1-4-8(11(14)15)10-7(9)3-2-6-13-10/h1-3,5-6,14-15H,4H2. The van der Waals surface area contributed by atoms with Gasteiger partial charge in [-0.15, -0.1) is 0 Å². The van der Waals surface area contributed by atoms with Crippen LogP contribution >= 0.6 is 11.6 Å². The average Bonchev–Trinajstić information content (AvgIpc) is 2.39. The summed E-state index contributed by atoms with van der Waals surface area (Å²) >= 11 is 6.03. The normalized spacial score (nSPS) is 14.9. The van der Waals surface area contributed by atoms with Gasteiger partial charge in [0.2, 0.25) is 0 Å². The summed E-state index contributed by atoms with van der Waals surface area (Å²) in [5.74, 6) is 0. The summed E-state index contributed by atoms with van der Waals surface area (Å²) in [6.07, 6.45) is 5.59. The van der Waals surface area contributed by atoms with Crippen molar-refractivity contribution in [2.45, 2.75) is 6.42 Å². The van der Waals surface area contributed by atoms with Crippen molar-refractivity contribution in [1.82, 2.24) is 4.98 Å². The van der Waals surface area contributed by atoms with Gasteiger partial charge >= 0.3 is 7.12 Å². The highest BCUT2D eigenvalue weighted by Crippen LogP contribution is 2.09. The molecule has 2 rings (SSSR count). The van der Waals surface area contributed by atoms with Crippen molar-refractivity contribution in [2.75, 3.05) is 0 Å². The molecule has 1 aliphatic rings. The van der Waals surface area contributed by atoms with E-state index in [1.807, 2.05) is 6.07 Å². The lowest BCUT2D eigenvalue weighted by atomic mass is 9.77. The van der Waals surface area contributed by atoms with Crippen LogP contribution in [-0.2, 0) is 0 Å². The third kappa shape index (κ3) is 1.97. The van der Waals surface area contributed by atoms with Crippen molar-refractivity contribution in [2.24, 2.45) is 0 Å². The first-order valence-electron chi connectivity index (χ1n) is 4.57. The van der Waals surface area contributed by atoms with Crippen molar-refractivity contribution in [1.29, 1.82) is 0 Å². The number of nitrogens with zero attached hydrogens (tertiary/aromatic N) is 1. The number of fused-ring (bicyclic) bond motifs is 1. The Hall–Kier alpha value is -1.10. The van der Waals surface area contributed by atoms with Crippen LogP contribution in [0.15, 0.2) is 30.5 Å². The molecule has 0 spiro atoms. The minimum Gasteiger partial charge on any atom is -0.423 e. The van der Waals surface area contributed by atoms with Gasteiger partial charge in [0, 0.05) is 16.4 Å². The van der Waals surface area contributed by atoms with E-state index >= 15 is 0 Å². The zero-order chi connectivity index (χ0) is 10.8. The quantitative estimate of drug-likeness (QED) is 0.632. The van der Waals surface area contributed by atoms with E-state index in [0.717, 1.165) is 5.22 Å². The topological polar surface area (TPSA) is 53.4 Å². The van der Waals surface area contributed by atoms with Gasteiger partial charge in [0.15, 0.2) is 0 Å².